The highest BCUT2D eigenvalue weighted by Gasteiger charge is 2.38. The molecule has 6 heteroatoms. The first-order chi connectivity index (χ1) is 8.65. The molecule has 1 unspecified atom stereocenters. The number of pyridine rings is 1. The maximum atomic E-state index is 11.8. The Balaban J connectivity index is 1.91. The summed E-state index contributed by atoms with van der Waals surface area (Å²) in [4.78, 5) is 21.6. The highest BCUT2D eigenvalue weighted by atomic mass is 79.9. The number of hydrogen-bond acceptors (Lipinski definition) is 3. The SMILES string of the molecule is NC1=NC(=O)N(CC2CC2)C1c1cncc(Br)c1. The Hall–Kier alpha value is -1.43. The first-order valence-electron chi connectivity index (χ1n) is 5.90. The average Bonchev–Trinajstić information content (AvgIpc) is 3.07. The van der Waals surface area contributed by atoms with Gasteiger partial charge < -0.3 is 10.6 Å². The van der Waals surface area contributed by atoms with E-state index in [0.717, 1.165) is 16.6 Å². The summed E-state index contributed by atoms with van der Waals surface area (Å²) in [7, 11) is 0. The third-order valence-electron chi connectivity index (χ3n) is 3.26. The number of nitrogens with two attached hydrogens (primary N) is 1. The summed E-state index contributed by atoms with van der Waals surface area (Å²) in [6.45, 7) is 0.736. The molecule has 1 aliphatic heterocycles. The number of aliphatic imine (C=N–C) groups is 1. The third kappa shape index (κ3) is 2.12. The van der Waals surface area contributed by atoms with Crippen molar-refractivity contribution < 1.29 is 4.79 Å². The summed E-state index contributed by atoms with van der Waals surface area (Å²) in [5.74, 6) is 0.971. The second-order valence-electron chi connectivity index (χ2n) is 4.75. The Morgan fingerprint density at radius 2 is 2.22 bits per heavy atom. The number of hydrogen-bond donors (Lipinski definition) is 1. The lowest BCUT2D eigenvalue weighted by molar-refractivity contribution is 0.203. The number of carbonyl (C=O) groups is 1. The molecule has 5 nitrogen and oxygen atoms in total. The number of carbonyl (C=O) groups excluding carboxylic acids is 1. The summed E-state index contributed by atoms with van der Waals surface area (Å²) in [6.07, 6.45) is 5.81. The first-order valence-corrected chi connectivity index (χ1v) is 6.69. The second-order valence-corrected chi connectivity index (χ2v) is 5.67. The largest absolute Gasteiger partial charge is 0.385 e. The van der Waals surface area contributed by atoms with Gasteiger partial charge >= 0.3 is 6.03 Å². The number of urea groups is 1. The molecule has 3 rings (SSSR count). The van der Waals surface area contributed by atoms with Gasteiger partial charge in [-0.25, -0.2) is 4.79 Å². The van der Waals surface area contributed by atoms with Crippen molar-refractivity contribution in [2.75, 3.05) is 6.54 Å². The van der Waals surface area contributed by atoms with E-state index in [1.807, 2.05) is 6.07 Å². The van der Waals surface area contributed by atoms with Crippen LogP contribution < -0.4 is 5.73 Å². The van der Waals surface area contributed by atoms with Gasteiger partial charge in [0.25, 0.3) is 0 Å². The predicted molar refractivity (Wildman–Crippen MR) is 71.1 cm³/mol. The summed E-state index contributed by atoms with van der Waals surface area (Å²) in [5.41, 5.74) is 6.78. The fourth-order valence-corrected chi connectivity index (χ4v) is 2.58. The second kappa shape index (κ2) is 4.35. The zero-order valence-corrected chi connectivity index (χ0v) is 11.3. The van der Waals surface area contributed by atoms with E-state index in [1.165, 1.54) is 12.8 Å². The number of amidine groups is 1. The van der Waals surface area contributed by atoms with Gasteiger partial charge in [0.1, 0.15) is 11.9 Å². The van der Waals surface area contributed by atoms with Gasteiger partial charge in [0.05, 0.1) is 0 Å². The summed E-state index contributed by atoms with van der Waals surface area (Å²) >= 11 is 3.38. The zero-order valence-electron chi connectivity index (χ0n) is 9.71. The lowest BCUT2D eigenvalue weighted by atomic mass is 10.1. The Morgan fingerprint density at radius 1 is 1.44 bits per heavy atom. The maximum absolute atomic E-state index is 11.8. The molecule has 0 aromatic carbocycles. The van der Waals surface area contributed by atoms with E-state index >= 15 is 0 Å². The molecular weight excluding hydrogens is 296 g/mol. The zero-order chi connectivity index (χ0) is 12.7. The van der Waals surface area contributed by atoms with Crippen molar-refractivity contribution in [2.24, 2.45) is 16.6 Å². The van der Waals surface area contributed by atoms with E-state index in [9.17, 15) is 4.79 Å². The van der Waals surface area contributed by atoms with Crippen molar-refractivity contribution in [3.8, 4) is 0 Å². The molecule has 1 atom stereocenters. The third-order valence-corrected chi connectivity index (χ3v) is 3.69. The van der Waals surface area contributed by atoms with E-state index in [4.69, 9.17) is 5.73 Å². The highest BCUT2D eigenvalue weighted by Crippen LogP contribution is 2.35. The van der Waals surface area contributed by atoms with Gasteiger partial charge in [0.15, 0.2) is 0 Å². The summed E-state index contributed by atoms with van der Waals surface area (Å²) in [5, 5.41) is 0. The molecule has 0 bridgehead atoms. The Kier molecular flexibility index (Phi) is 2.81. The van der Waals surface area contributed by atoms with E-state index in [0.29, 0.717) is 11.8 Å². The van der Waals surface area contributed by atoms with Gasteiger partial charge in [-0.3, -0.25) is 4.98 Å². The van der Waals surface area contributed by atoms with Crippen LogP contribution in [0.2, 0.25) is 0 Å². The molecule has 1 fully saturated rings. The van der Waals surface area contributed by atoms with Gasteiger partial charge in [-0.2, -0.15) is 4.99 Å². The molecule has 2 heterocycles. The predicted octanol–water partition coefficient (Wildman–Crippen LogP) is 2.09. The topological polar surface area (TPSA) is 71.6 Å². The molecule has 18 heavy (non-hydrogen) atoms. The van der Waals surface area contributed by atoms with Gasteiger partial charge in [-0.15, -0.1) is 0 Å². The monoisotopic (exact) mass is 308 g/mol. The minimum atomic E-state index is -0.261. The Bertz CT molecular complexity index is 527. The molecule has 1 aromatic heterocycles. The molecule has 94 valence electrons. The van der Waals surface area contributed by atoms with Gasteiger partial charge in [0, 0.05) is 29.0 Å². The number of aromatic nitrogens is 1. The molecule has 2 aliphatic rings. The lowest BCUT2D eigenvalue weighted by Gasteiger charge is -2.24. The molecule has 2 N–H and O–H groups in total. The molecule has 1 saturated carbocycles. The maximum Gasteiger partial charge on any atom is 0.346 e. The fraction of sp³-hybridized carbons (Fsp3) is 0.417. The van der Waals surface area contributed by atoms with Crippen molar-refractivity contribution in [2.45, 2.75) is 18.9 Å². The Morgan fingerprint density at radius 3 is 2.89 bits per heavy atom. The van der Waals surface area contributed by atoms with E-state index in [1.54, 1.807) is 17.3 Å². The molecule has 1 aliphatic carbocycles. The minimum absolute atomic E-state index is 0.232. The van der Waals surface area contributed by atoms with Crippen molar-refractivity contribution in [1.82, 2.24) is 9.88 Å². The number of nitrogens with zero attached hydrogens (tertiary/aromatic N) is 3. The fourth-order valence-electron chi connectivity index (χ4n) is 2.20. The summed E-state index contributed by atoms with van der Waals surface area (Å²) in [6, 6.07) is 1.44. The lowest BCUT2D eigenvalue weighted by Crippen LogP contribution is -2.34. The van der Waals surface area contributed by atoms with Crippen LogP contribution in [0.15, 0.2) is 27.9 Å². The number of halogens is 1. The molecule has 0 spiro atoms. The van der Waals surface area contributed by atoms with Gasteiger partial charge in [-0.05, 0) is 40.8 Å². The van der Waals surface area contributed by atoms with Crippen molar-refractivity contribution in [3.63, 3.8) is 0 Å². The van der Waals surface area contributed by atoms with E-state index < -0.39 is 0 Å². The first kappa shape index (κ1) is 11.6. The molecular formula is C12H13BrN4O. The van der Waals surface area contributed by atoms with Crippen LogP contribution in [0.1, 0.15) is 24.4 Å². The average molecular weight is 309 g/mol. The van der Waals surface area contributed by atoms with Crippen molar-refractivity contribution in [3.05, 3.63) is 28.5 Å². The van der Waals surface area contributed by atoms with Crippen LogP contribution in [-0.2, 0) is 0 Å². The van der Waals surface area contributed by atoms with E-state index in [-0.39, 0.29) is 12.1 Å². The molecule has 0 saturated heterocycles. The van der Waals surface area contributed by atoms with Crippen LogP contribution in [0.25, 0.3) is 0 Å². The Labute approximate surface area is 113 Å². The van der Waals surface area contributed by atoms with Crippen LogP contribution in [0.3, 0.4) is 0 Å². The number of rotatable bonds is 3. The van der Waals surface area contributed by atoms with Crippen LogP contribution in [0.5, 0.6) is 0 Å². The number of amides is 2. The van der Waals surface area contributed by atoms with Crippen LogP contribution >= 0.6 is 15.9 Å². The minimum Gasteiger partial charge on any atom is -0.385 e. The highest BCUT2D eigenvalue weighted by molar-refractivity contribution is 9.10. The van der Waals surface area contributed by atoms with Crippen molar-refractivity contribution >= 4 is 27.8 Å². The molecule has 0 radical (unpaired) electrons. The van der Waals surface area contributed by atoms with Crippen molar-refractivity contribution in [1.29, 1.82) is 0 Å². The molecule has 1 aromatic rings. The van der Waals surface area contributed by atoms with Gasteiger partial charge in [-0.1, -0.05) is 0 Å². The summed E-state index contributed by atoms with van der Waals surface area (Å²) < 4.78 is 0.874. The van der Waals surface area contributed by atoms with Crippen LogP contribution in [0.4, 0.5) is 4.79 Å². The standard InChI is InChI=1S/C12H13BrN4O/c13-9-3-8(4-15-5-9)10-11(14)16-12(18)17(10)6-7-1-2-7/h3-5,7,10H,1-2,6H2,(H2,14,16,18). The quantitative estimate of drug-likeness (QED) is 0.929. The normalized spacial score (nSPS) is 23.4. The smallest absolute Gasteiger partial charge is 0.346 e. The van der Waals surface area contributed by atoms with Crippen LogP contribution in [0, 0.1) is 5.92 Å². The van der Waals surface area contributed by atoms with Crippen LogP contribution in [-0.4, -0.2) is 28.3 Å². The van der Waals surface area contributed by atoms with Gasteiger partial charge in [0.2, 0.25) is 0 Å². The molecule has 2 amide bonds. The van der Waals surface area contributed by atoms with E-state index in [2.05, 4.69) is 25.9 Å².